The molecule has 1 aliphatic heterocycles. The first kappa shape index (κ1) is 16.7. The summed E-state index contributed by atoms with van der Waals surface area (Å²) in [6, 6.07) is 15.6. The van der Waals surface area contributed by atoms with Crippen molar-refractivity contribution in [3.8, 4) is 5.75 Å². The highest BCUT2D eigenvalue weighted by atomic mass is 16.3. The van der Waals surface area contributed by atoms with E-state index in [1.54, 1.807) is 12.1 Å². The molecule has 2 N–H and O–H groups in total. The Morgan fingerprint density at radius 2 is 1.96 bits per heavy atom. The van der Waals surface area contributed by atoms with Crippen LogP contribution in [0.25, 0.3) is 10.9 Å². The number of hydrogen-bond donors (Lipinski definition) is 2. The van der Waals surface area contributed by atoms with Crippen molar-refractivity contribution in [3.63, 3.8) is 0 Å². The van der Waals surface area contributed by atoms with Crippen LogP contribution in [0.15, 0.2) is 48.5 Å². The fourth-order valence-corrected chi connectivity index (χ4v) is 3.83. The second kappa shape index (κ2) is 6.50. The van der Waals surface area contributed by atoms with Gasteiger partial charge in [-0.1, -0.05) is 30.3 Å². The largest absolute Gasteiger partial charge is 0.508 e. The fraction of sp³-hybridized carbons (Fsp3) is 0.286. The van der Waals surface area contributed by atoms with Crippen LogP contribution in [0, 0.1) is 6.92 Å². The molecular formula is C21H23N3O2. The van der Waals surface area contributed by atoms with E-state index < -0.39 is 0 Å². The number of aryl methyl sites for hydroxylation is 1. The summed E-state index contributed by atoms with van der Waals surface area (Å²) in [6.45, 7) is 4.04. The Morgan fingerprint density at radius 1 is 1.19 bits per heavy atom. The van der Waals surface area contributed by atoms with Crippen molar-refractivity contribution >= 4 is 16.8 Å². The van der Waals surface area contributed by atoms with Crippen molar-refractivity contribution in [1.29, 1.82) is 0 Å². The first-order valence-corrected chi connectivity index (χ1v) is 8.92. The van der Waals surface area contributed by atoms with Gasteiger partial charge in [0.25, 0.3) is 5.91 Å². The molecule has 0 unspecified atom stereocenters. The number of amides is 1. The smallest absolute Gasteiger partial charge is 0.256 e. The number of aromatic hydroxyl groups is 1. The molecule has 1 amide bonds. The van der Waals surface area contributed by atoms with Crippen LogP contribution >= 0.6 is 0 Å². The van der Waals surface area contributed by atoms with Gasteiger partial charge in [0.05, 0.1) is 5.56 Å². The molecule has 1 aromatic heterocycles. The van der Waals surface area contributed by atoms with E-state index in [0.29, 0.717) is 18.7 Å². The Balaban J connectivity index is 1.69. The van der Waals surface area contributed by atoms with Crippen LogP contribution in [0.3, 0.4) is 0 Å². The van der Waals surface area contributed by atoms with E-state index in [9.17, 15) is 9.90 Å². The topological polar surface area (TPSA) is 57.5 Å². The van der Waals surface area contributed by atoms with Gasteiger partial charge in [0, 0.05) is 49.3 Å². The molecule has 4 rings (SSSR count). The number of carbonyl (C=O) groups is 1. The summed E-state index contributed by atoms with van der Waals surface area (Å²) < 4.78 is 2.01. The minimum atomic E-state index is 0.0288. The third-order valence-corrected chi connectivity index (χ3v) is 5.35. The molecule has 5 heteroatoms. The summed E-state index contributed by atoms with van der Waals surface area (Å²) >= 11 is 0. The number of aromatic nitrogens is 1. The SMILES string of the molecule is Cc1c(C(=O)N2CCN[C@@H](c3ccccc3)C2)c2cc(O)ccc2n1C. The van der Waals surface area contributed by atoms with Crippen LogP contribution in [0.4, 0.5) is 0 Å². The standard InChI is InChI=1S/C21H23N3O2/c1-14-20(17-12-16(25)8-9-19(17)23(14)2)21(26)24-11-10-22-18(13-24)15-6-4-3-5-7-15/h3-9,12,18,22,25H,10-11,13H2,1-2H3/t18-/m1/s1. The maximum absolute atomic E-state index is 13.3. The lowest BCUT2D eigenvalue weighted by Crippen LogP contribution is -2.48. The van der Waals surface area contributed by atoms with Gasteiger partial charge in [0.2, 0.25) is 0 Å². The molecule has 0 aliphatic carbocycles. The van der Waals surface area contributed by atoms with Crippen molar-refractivity contribution in [2.45, 2.75) is 13.0 Å². The minimum absolute atomic E-state index is 0.0288. The van der Waals surface area contributed by atoms with Crippen LogP contribution in [0.5, 0.6) is 5.75 Å². The zero-order valence-corrected chi connectivity index (χ0v) is 15.1. The maximum Gasteiger partial charge on any atom is 0.256 e. The molecule has 0 saturated carbocycles. The molecule has 1 atom stereocenters. The van der Waals surface area contributed by atoms with Crippen molar-refractivity contribution in [1.82, 2.24) is 14.8 Å². The van der Waals surface area contributed by atoms with Gasteiger partial charge in [0.15, 0.2) is 0 Å². The average molecular weight is 349 g/mol. The number of carbonyl (C=O) groups excluding carboxylic acids is 1. The van der Waals surface area contributed by atoms with Gasteiger partial charge in [-0.05, 0) is 30.7 Å². The molecule has 2 heterocycles. The summed E-state index contributed by atoms with van der Waals surface area (Å²) in [5, 5.41) is 14.2. The quantitative estimate of drug-likeness (QED) is 0.748. The predicted molar refractivity (Wildman–Crippen MR) is 102 cm³/mol. The molecule has 1 saturated heterocycles. The molecule has 1 fully saturated rings. The Morgan fingerprint density at radius 3 is 2.73 bits per heavy atom. The number of nitrogens with zero attached hydrogens (tertiary/aromatic N) is 2. The van der Waals surface area contributed by atoms with E-state index in [2.05, 4.69) is 17.4 Å². The second-order valence-electron chi connectivity index (χ2n) is 6.89. The van der Waals surface area contributed by atoms with Gasteiger partial charge in [0.1, 0.15) is 5.75 Å². The van der Waals surface area contributed by atoms with Crippen LogP contribution in [-0.2, 0) is 7.05 Å². The third kappa shape index (κ3) is 2.74. The van der Waals surface area contributed by atoms with E-state index in [4.69, 9.17) is 0 Å². The van der Waals surface area contributed by atoms with E-state index in [0.717, 1.165) is 23.1 Å². The van der Waals surface area contributed by atoms with Gasteiger partial charge in [-0.2, -0.15) is 0 Å². The highest BCUT2D eigenvalue weighted by molar-refractivity contribution is 6.08. The predicted octanol–water partition coefficient (Wildman–Crippen LogP) is 2.98. The molecule has 0 radical (unpaired) electrons. The van der Waals surface area contributed by atoms with Crippen molar-refractivity contribution in [2.24, 2.45) is 7.05 Å². The lowest BCUT2D eigenvalue weighted by Gasteiger charge is -2.34. The van der Waals surface area contributed by atoms with Crippen LogP contribution in [0.1, 0.15) is 27.7 Å². The van der Waals surface area contributed by atoms with E-state index >= 15 is 0 Å². The number of phenolic OH excluding ortho intramolecular Hbond substituents is 1. The highest BCUT2D eigenvalue weighted by Gasteiger charge is 2.28. The summed E-state index contributed by atoms with van der Waals surface area (Å²) in [7, 11) is 1.95. The van der Waals surface area contributed by atoms with Gasteiger partial charge in [-0.3, -0.25) is 4.79 Å². The number of phenols is 1. The van der Waals surface area contributed by atoms with E-state index in [1.165, 1.54) is 5.56 Å². The summed E-state index contributed by atoms with van der Waals surface area (Å²) in [4.78, 5) is 15.3. The van der Waals surface area contributed by atoms with Gasteiger partial charge in [-0.25, -0.2) is 0 Å². The van der Waals surface area contributed by atoms with Gasteiger partial charge < -0.3 is 19.9 Å². The Labute approximate surface area is 152 Å². The first-order valence-electron chi connectivity index (χ1n) is 8.92. The number of nitrogens with one attached hydrogen (secondary N) is 1. The van der Waals surface area contributed by atoms with Crippen LogP contribution in [0.2, 0.25) is 0 Å². The van der Waals surface area contributed by atoms with E-state index in [-0.39, 0.29) is 17.7 Å². The third-order valence-electron chi connectivity index (χ3n) is 5.35. The van der Waals surface area contributed by atoms with E-state index in [1.807, 2.05) is 47.7 Å². The zero-order chi connectivity index (χ0) is 18.3. The maximum atomic E-state index is 13.3. The summed E-state index contributed by atoms with van der Waals surface area (Å²) in [5.41, 5.74) is 3.76. The lowest BCUT2D eigenvalue weighted by molar-refractivity contribution is 0.0704. The molecule has 1 aliphatic rings. The molecule has 26 heavy (non-hydrogen) atoms. The summed E-state index contributed by atoms with van der Waals surface area (Å²) in [5.74, 6) is 0.209. The minimum Gasteiger partial charge on any atom is -0.508 e. The molecule has 3 aromatic rings. The highest BCUT2D eigenvalue weighted by Crippen LogP contribution is 2.30. The average Bonchev–Trinajstić information content (AvgIpc) is 2.92. The summed E-state index contributed by atoms with van der Waals surface area (Å²) in [6.07, 6.45) is 0. The molecule has 134 valence electrons. The van der Waals surface area contributed by atoms with Crippen molar-refractivity contribution in [3.05, 3.63) is 65.4 Å². The number of piperazine rings is 1. The number of fused-ring (bicyclic) bond motifs is 1. The number of rotatable bonds is 2. The number of benzene rings is 2. The second-order valence-corrected chi connectivity index (χ2v) is 6.89. The molecule has 5 nitrogen and oxygen atoms in total. The Bertz CT molecular complexity index is 962. The molecular weight excluding hydrogens is 326 g/mol. The van der Waals surface area contributed by atoms with Gasteiger partial charge in [-0.15, -0.1) is 0 Å². The normalized spacial score (nSPS) is 17.6. The van der Waals surface area contributed by atoms with Gasteiger partial charge >= 0.3 is 0 Å². The lowest BCUT2D eigenvalue weighted by atomic mass is 10.0. The zero-order valence-electron chi connectivity index (χ0n) is 15.1. The number of hydrogen-bond acceptors (Lipinski definition) is 3. The van der Waals surface area contributed by atoms with Crippen molar-refractivity contribution < 1.29 is 9.90 Å². The fourth-order valence-electron chi connectivity index (χ4n) is 3.83. The van der Waals surface area contributed by atoms with Crippen molar-refractivity contribution in [2.75, 3.05) is 19.6 Å². The Hall–Kier alpha value is -2.79. The monoisotopic (exact) mass is 349 g/mol. The molecule has 2 aromatic carbocycles. The Kier molecular flexibility index (Phi) is 4.17. The molecule has 0 spiro atoms. The van der Waals surface area contributed by atoms with Crippen LogP contribution in [-0.4, -0.2) is 40.1 Å². The first-order chi connectivity index (χ1) is 12.6. The van der Waals surface area contributed by atoms with Crippen LogP contribution < -0.4 is 5.32 Å². The molecule has 0 bridgehead atoms.